The molecule has 4 atom stereocenters. The van der Waals surface area contributed by atoms with Crippen LogP contribution >= 0.6 is 0 Å². The smallest absolute Gasteiger partial charge is 0.249 e. The first kappa shape index (κ1) is 73.3. The lowest BCUT2D eigenvalue weighted by molar-refractivity contribution is -0.132. The molecular formula is C69H131NO5. The van der Waals surface area contributed by atoms with Crippen molar-refractivity contribution in [3.05, 3.63) is 48.6 Å². The number of carbonyl (C=O) groups is 1. The highest BCUT2D eigenvalue weighted by Crippen LogP contribution is 2.18. The fourth-order valence-electron chi connectivity index (χ4n) is 10.5. The second-order valence-electron chi connectivity index (χ2n) is 23.1. The second-order valence-corrected chi connectivity index (χ2v) is 23.1. The Bertz CT molecular complexity index is 1230. The Morgan fingerprint density at radius 1 is 0.320 bits per heavy atom. The summed E-state index contributed by atoms with van der Waals surface area (Å²) in [7, 11) is 0. The zero-order chi connectivity index (χ0) is 54.4. The standard InChI is InChI=1S/C69H131NO5/c1-3-5-7-9-11-13-15-17-19-21-23-25-27-29-31-33-35-37-39-41-43-45-47-49-51-53-55-57-59-61-63-67(73)69(75)70-65(64-71)68(74)66(72)62-60-58-56-54-52-50-48-46-44-42-40-38-36-34-32-30-28-26-24-22-20-18-16-14-12-10-8-6-4-2/h29,31,38,40,46,48,54,56,65-68,71-74H,3-28,30,32-37,39,41-45,47,49-53,55,57-64H2,1-2H3,(H,70,75)/b31-29-,40-38+,48-46+,56-54+. The number of aliphatic hydroxyl groups is 4. The number of amides is 1. The van der Waals surface area contributed by atoms with Crippen LogP contribution in [0.15, 0.2) is 48.6 Å². The van der Waals surface area contributed by atoms with E-state index in [4.69, 9.17) is 0 Å². The van der Waals surface area contributed by atoms with Gasteiger partial charge < -0.3 is 25.7 Å². The third-order valence-corrected chi connectivity index (χ3v) is 15.7. The molecule has 0 saturated heterocycles. The zero-order valence-electron chi connectivity index (χ0n) is 50.3. The summed E-state index contributed by atoms with van der Waals surface area (Å²) < 4.78 is 0. The first-order valence-electron chi connectivity index (χ1n) is 33.5. The van der Waals surface area contributed by atoms with E-state index in [-0.39, 0.29) is 0 Å². The van der Waals surface area contributed by atoms with Gasteiger partial charge in [-0.2, -0.15) is 0 Å². The predicted molar refractivity (Wildman–Crippen MR) is 330 cm³/mol. The fourth-order valence-corrected chi connectivity index (χ4v) is 10.5. The third kappa shape index (κ3) is 56.8. The molecule has 6 nitrogen and oxygen atoms in total. The van der Waals surface area contributed by atoms with Crippen LogP contribution in [0.3, 0.4) is 0 Å². The molecule has 0 radical (unpaired) electrons. The van der Waals surface area contributed by atoms with Gasteiger partial charge in [0.25, 0.3) is 0 Å². The molecule has 0 aromatic carbocycles. The molecule has 1 amide bonds. The van der Waals surface area contributed by atoms with Gasteiger partial charge in [0.15, 0.2) is 0 Å². The van der Waals surface area contributed by atoms with Crippen molar-refractivity contribution < 1.29 is 25.2 Å². The molecule has 4 unspecified atom stereocenters. The van der Waals surface area contributed by atoms with Gasteiger partial charge in [0.05, 0.1) is 18.8 Å². The summed E-state index contributed by atoms with van der Waals surface area (Å²) in [6, 6.07) is -1.01. The van der Waals surface area contributed by atoms with Crippen LogP contribution < -0.4 is 5.32 Å². The Kier molecular flexibility index (Phi) is 61.6. The molecule has 0 aromatic heterocycles. The number of rotatable bonds is 62. The van der Waals surface area contributed by atoms with Crippen molar-refractivity contribution in [1.82, 2.24) is 5.32 Å². The van der Waals surface area contributed by atoms with Gasteiger partial charge >= 0.3 is 0 Å². The summed E-state index contributed by atoms with van der Waals surface area (Å²) >= 11 is 0. The summed E-state index contributed by atoms with van der Waals surface area (Å²) in [5.74, 6) is -0.595. The molecule has 0 aromatic rings. The van der Waals surface area contributed by atoms with Gasteiger partial charge in [0.1, 0.15) is 12.2 Å². The van der Waals surface area contributed by atoms with Crippen molar-refractivity contribution in [2.75, 3.05) is 6.61 Å². The molecule has 0 heterocycles. The lowest BCUT2D eigenvalue weighted by atomic mass is 10.00. The lowest BCUT2D eigenvalue weighted by Gasteiger charge is -2.27. The number of allylic oxidation sites excluding steroid dienone is 8. The quantitative estimate of drug-likeness (QED) is 0.0308. The van der Waals surface area contributed by atoms with Gasteiger partial charge in [0, 0.05) is 0 Å². The van der Waals surface area contributed by atoms with E-state index in [0.29, 0.717) is 19.3 Å². The molecule has 0 fully saturated rings. The summed E-state index contributed by atoms with van der Waals surface area (Å²) in [5.41, 5.74) is 0. The van der Waals surface area contributed by atoms with E-state index in [1.165, 1.54) is 270 Å². The van der Waals surface area contributed by atoms with E-state index in [9.17, 15) is 25.2 Å². The highest BCUT2D eigenvalue weighted by molar-refractivity contribution is 5.80. The Labute approximate surface area is 468 Å². The van der Waals surface area contributed by atoms with Gasteiger partial charge in [-0.1, -0.05) is 313 Å². The van der Waals surface area contributed by atoms with Crippen LogP contribution in [0.2, 0.25) is 0 Å². The van der Waals surface area contributed by atoms with Crippen molar-refractivity contribution in [2.45, 2.75) is 379 Å². The maximum atomic E-state index is 12.6. The van der Waals surface area contributed by atoms with Gasteiger partial charge in [-0.15, -0.1) is 0 Å². The van der Waals surface area contributed by atoms with Crippen molar-refractivity contribution in [2.24, 2.45) is 0 Å². The fraction of sp³-hybridized carbons (Fsp3) is 0.870. The molecule has 0 aliphatic heterocycles. The van der Waals surface area contributed by atoms with Crippen molar-refractivity contribution in [1.29, 1.82) is 0 Å². The number of nitrogens with one attached hydrogen (secondary N) is 1. The summed E-state index contributed by atoms with van der Waals surface area (Å²) in [6.07, 6.45) is 82.3. The van der Waals surface area contributed by atoms with Gasteiger partial charge in [-0.25, -0.2) is 0 Å². The number of hydrogen-bond donors (Lipinski definition) is 5. The summed E-state index contributed by atoms with van der Waals surface area (Å²) in [4.78, 5) is 12.6. The molecule has 6 heteroatoms. The topological polar surface area (TPSA) is 110 Å². The first-order chi connectivity index (χ1) is 37.0. The molecule has 0 spiro atoms. The minimum Gasteiger partial charge on any atom is -0.394 e. The van der Waals surface area contributed by atoms with E-state index in [0.717, 1.165) is 51.4 Å². The molecule has 0 saturated carbocycles. The molecule has 0 aliphatic carbocycles. The predicted octanol–water partition coefficient (Wildman–Crippen LogP) is 20.5. The molecule has 0 rings (SSSR count). The van der Waals surface area contributed by atoms with Crippen molar-refractivity contribution >= 4 is 5.91 Å². The largest absolute Gasteiger partial charge is 0.394 e. The average Bonchev–Trinajstić information content (AvgIpc) is 3.42. The van der Waals surface area contributed by atoms with Gasteiger partial charge in [-0.3, -0.25) is 4.79 Å². The van der Waals surface area contributed by atoms with E-state index in [1.54, 1.807) is 0 Å². The van der Waals surface area contributed by atoms with Gasteiger partial charge in [0.2, 0.25) is 5.91 Å². The van der Waals surface area contributed by atoms with Crippen LogP contribution in [0.1, 0.15) is 354 Å². The third-order valence-electron chi connectivity index (χ3n) is 15.7. The van der Waals surface area contributed by atoms with Crippen molar-refractivity contribution in [3.63, 3.8) is 0 Å². The second kappa shape index (κ2) is 63.1. The number of hydrogen-bond acceptors (Lipinski definition) is 5. The average molecular weight is 1050 g/mol. The first-order valence-corrected chi connectivity index (χ1v) is 33.5. The molecule has 5 N–H and O–H groups in total. The number of unbranched alkanes of at least 4 members (excludes halogenated alkanes) is 45. The SMILES string of the molecule is CCCCCCCCCCCCCC/C=C\CCCCCCCCCCCCCCCCC(O)C(=O)NC(CO)C(O)C(O)CCC/C=C/CC/C=C/CC/C=C/CCCCCCCCCCCCCCCCCC. The van der Waals surface area contributed by atoms with Gasteiger partial charge in [-0.05, 0) is 89.9 Å². The highest BCUT2D eigenvalue weighted by atomic mass is 16.3. The number of aliphatic hydroxyl groups excluding tert-OH is 4. The highest BCUT2D eigenvalue weighted by Gasteiger charge is 2.28. The van der Waals surface area contributed by atoms with Crippen molar-refractivity contribution in [3.8, 4) is 0 Å². The molecule has 0 aliphatic rings. The van der Waals surface area contributed by atoms with E-state index in [1.807, 2.05) is 0 Å². The zero-order valence-corrected chi connectivity index (χ0v) is 50.3. The lowest BCUT2D eigenvalue weighted by Crippen LogP contribution is -2.53. The van der Waals surface area contributed by atoms with Crippen LogP contribution in [0, 0.1) is 0 Å². The van der Waals surface area contributed by atoms with Crippen LogP contribution in [0.4, 0.5) is 0 Å². The normalized spacial score (nSPS) is 13.8. The summed E-state index contributed by atoms with van der Waals surface area (Å²) in [6.45, 7) is 4.08. The Hall–Kier alpha value is -1.73. The molecule has 442 valence electrons. The summed E-state index contributed by atoms with van der Waals surface area (Å²) in [5, 5.41) is 44.1. The maximum Gasteiger partial charge on any atom is 0.249 e. The minimum absolute atomic E-state index is 0.359. The molecule has 75 heavy (non-hydrogen) atoms. The van der Waals surface area contributed by atoms with Crippen LogP contribution in [-0.2, 0) is 4.79 Å². The van der Waals surface area contributed by atoms with E-state index < -0.39 is 36.9 Å². The Morgan fingerprint density at radius 3 is 0.840 bits per heavy atom. The Morgan fingerprint density at radius 2 is 0.560 bits per heavy atom. The van der Waals surface area contributed by atoms with E-state index in [2.05, 4.69) is 67.8 Å². The van der Waals surface area contributed by atoms with E-state index >= 15 is 0 Å². The minimum atomic E-state index is -1.30. The number of carbonyl (C=O) groups excluding carboxylic acids is 1. The monoisotopic (exact) mass is 1050 g/mol. The maximum absolute atomic E-state index is 12.6. The Balaban J connectivity index is 3.64. The molecular weight excluding hydrogens is 923 g/mol. The van der Waals surface area contributed by atoms with Crippen LogP contribution in [0.5, 0.6) is 0 Å². The van der Waals surface area contributed by atoms with Crippen LogP contribution in [0.25, 0.3) is 0 Å². The van der Waals surface area contributed by atoms with Crippen LogP contribution in [-0.4, -0.2) is 57.3 Å². The molecule has 0 bridgehead atoms.